The number of morpholine rings is 1. The molecule has 6 heteroatoms. The molecule has 1 rings (SSSR count). The van der Waals surface area contributed by atoms with Crippen LogP contribution < -0.4 is 0 Å². The number of hydrogen-bond acceptors (Lipinski definition) is 5. The SMILES string of the molecule is CC(C)(C)OC(=O)N1CCOC(COCCO)C1. The zero-order chi connectivity index (χ0) is 13.6. The Morgan fingerprint density at radius 2 is 2.22 bits per heavy atom. The van der Waals surface area contributed by atoms with Gasteiger partial charge in [-0.2, -0.15) is 0 Å². The molecule has 6 nitrogen and oxygen atoms in total. The Balaban J connectivity index is 2.36. The summed E-state index contributed by atoms with van der Waals surface area (Å²) in [6.07, 6.45) is -0.476. The quantitative estimate of drug-likeness (QED) is 0.752. The number of nitrogens with zero attached hydrogens (tertiary/aromatic N) is 1. The van der Waals surface area contributed by atoms with Crippen molar-refractivity contribution in [3.63, 3.8) is 0 Å². The molecule has 0 aromatic rings. The van der Waals surface area contributed by atoms with Gasteiger partial charge in [0.25, 0.3) is 0 Å². The van der Waals surface area contributed by atoms with Crippen molar-refractivity contribution in [2.24, 2.45) is 0 Å². The van der Waals surface area contributed by atoms with Gasteiger partial charge < -0.3 is 24.2 Å². The molecule has 1 unspecified atom stereocenters. The van der Waals surface area contributed by atoms with E-state index in [4.69, 9.17) is 19.3 Å². The first-order valence-corrected chi connectivity index (χ1v) is 6.20. The van der Waals surface area contributed by atoms with Gasteiger partial charge in [0.05, 0.1) is 39.1 Å². The molecule has 1 fully saturated rings. The molecule has 0 radical (unpaired) electrons. The van der Waals surface area contributed by atoms with Crippen molar-refractivity contribution in [1.82, 2.24) is 4.90 Å². The van der Waals surface area contributed by atoms with E-state index in [2.05, 4.69) is 0 Å². The molecule has 0 bridgehead atoms. The highest BCUT2D eigenvalue weighted by molar-refractivity contribution is 5.68. The van der Waals surface area contributed by atoms with Crippen molar-refractivity contribution in [2.45, 2.75) is 32.5 Å². The van der Waals surface area contributed by atoms with E-state index >= 15 is 0 Å². The van der Waals surface area contributed by atoms with E-state index < -0.39 is 5.60 Å². The van der Waals surface area contributed by atoms with E-state index in [1.165, 1.54) is 0 Å². The van der Waals surface area contributed by atoms with Gasteiger partial charge in [-0.05, 0) is 20.8 Å². The van der Waals surface area contributed by atoms with E-state index in [-0.39, 0.29) is 25.4 Å². The van der Waals surface area contributed by atoms with E-state index in [1.807, 2.05) is 20.8 Å². The Bertz CT molecular complexity index is 264. The predicted molar refractivity (Wildman–Crippen MR) is 65.5 cm³/mol. The largest absolute Gasteiger partial charge is 0.444 e. The lowest BCUT2D eigenvalue weighted by molar-refractivity contribution is -0.0751. The van der Waals surface area contributed by atoms with Crippen LogP contribution in [0.2, 0.25) is 0 Å². The zero-order valence-electron chi connectivity index (χ0n) is 11.3. The lowest BCUT2D eigenvalue weighted by atomic mass is 10.2. The first-order valence-electron chi connectivity index (χ1n) is 6.20. The first-order chi connectivity index (χ1) is 8.42. The highest BCUT2D eigenvalue weighted by Crippen LogP contribution is 2.13. The van der Waals surface area contributed by atoms with Crippen molar-refractivity contribution in [1.29, 1.82) is 0 Å². The molecule has 1 heterocycles. The van der Waals surface area contributed by atoms with Gasteiger partial charge in [-0.15, -0.1) is 0 Å². The molecule has 1 atom stereocenters. The molecule has 0 aromatic carbocycles. The van der Waals surface area contributed by atoms with Crippen molar-refractivity contribution < 1.29 is 24.1 Å². The minimum atomic E-state index is -0.488. The maximum atomic E-state index is 11.9. The Morgan fingerprint density at radius 1 is 1.50 bits per heavy atom. The second kappa shape index (κ2) is 6.92. The van der Waals surface area contributed by atoms with Crippen LogP contribution in [0, 0.1) is 0 Å². The van der Waals surface area contributed by atoms with E-state index in [1.54, 1.807) is 4.90 Å². The molecule has 1 aliphatic heterocycles. The predicted octanol–water partition coefficient (Wildman–Crippen LogP) is 0.631. The van der Waals surface area contributed by atoms with Gasteiger partial charge in [0.2, 0.25) is 0 Å². The number of amides is 1. The summed E-state index contributed by atoms with van der Waals surface area (Å²) in [7, 11) is 0. The number of aliphatic hydroxyl groups is 1. The zero-order valence-corrected chi connectivity index (χ0v) is 11.3. The third-order valence-corrected chi connectivity index (χ3v) is 2.33. The molecular weight excluding hydrogens is 238 g/mol. The summed E-state index contributed by atoms with van der Waals surface area (Å²) in [5, 5.41) is 8.61. The summed E-state index contributed by atoms with van der Waals surface area (Å²) in [5.41, 5.74) is -0.488. The average molecular weight is 261 g/mol. The standard InChI is InChI=1S/C12H23NO5/c1-12(2,3)18-11(15)13-4-6-17-10(8-13)9-16-7-5-14/h10,14H,4-9H2,1-3H3. The fourth-order valence-electron chi connectivity index (χ4n) is 1.59. The van der Waals surface area contributed by atoms with Gasteiger partial charge in [-0.1, -0.05) is 0 Å². The number of carbonyl (C=O) groups excluding carboxylic acids is 1. The summed E-state index contributed by atoms with van der Waals surface area (Å²) in [6, 6.07) is 0. The number of aliphatic hydroxyl groups excluding tert-OH is 1. The molecular formula is C12H23NO5. The summed E-state index contributed by atoms with van der Waals surface area (Å²) in [5.74, 6) is 0. The minimum Gasteiger partial charge on any atom is -0.444 e. The van der Waals surface area contributed by atoms with Crippen LogP contribution in [-0.4, -0.2) is 67.3 Å². The van der Waals surface area contributed by atoms with Crippen LogP contribution in [0.3, 0.4) is 0 Å². The summed E-state index contributed by atoms with van der Waals surface area (Å²) >= 11 is 0. The molecule has 0 saturated carbocycles. The van der Waals surface area contributed by atoms with Gasteiger partial charge in [-0.25, -0.2) is 4.79 Å². The number of ether oxygens (including phenoxy) is 3. The summed E-state index contributed by atoms with van der Waals surface area (Å²) in [6.45, 7) is 7.64. The number of carbonyl (C=O) groups is 1. The minimum absolute atomic E-state index is 0.0114. The van der Waals surface area contributed by atoms with Crippen molar-refractivity contribution in [3.8, 4) is 0 Å². The van der Waals surface area contributed by atoms with Crippen molar-refractivity contribution in [3.05, 3.63) is 0 Å². The highest BCUT2D eigenvalue weighted by atomic mass is 16.6. The fourth-order valence-corrected chi connectivity index (χ4v) is 1.59. The molecule has 1 amide bonds. The van der Waals surface area contributed by atoms with Crippen LogP contribution in [-0.2, 0) is 14.2 Å². The Labute approximate surface area is 108 Å². The topological polar surface area (TPSA) is 68.2 Å². The van der Waals surface area contributed by atoms with E-state index in [0.717, 1.165) is 0 Å². The van der Waals surface area contributed by atoms with Crippen LogP contribution in [0.4, 0.5) is 4.79 Å². The van der Waals surface area contributed by atoms with E-state index in [0.29, 0.717) is 26.3 Å². The van der Waals surface area contributed by atoms with Gasteiger partial charge >= 0.3 is 6.09 Å². The average Bonchev–Trinajstić information content (AvgIpc) is 2.27. The number of rotatable bonds is 4. The number of hydrogen-bond donors (Lipinski definition) is 1. The maximum absolute atomic E-state index is 11.9. The summed E-state index contributed by atoms with van der Waals surface area (Å²) < 4.78 is 16.0. The smallest absolute Gasteiger partial charge is 0.410 e. The molecule has 106 valence electrons. The van der Waals surface area contributed by atoms with Crippen LogP contribution in [0.5, 0.6) is 0 Å². The van der Waals surface area contributed by atoms with Gasteiger partial charge in [0.1, 0.15) is 5.60 Å². The van der Waals surface area contributed by atoms with Crippen molar-refractivity contribution >= 4 is 6.09 Å². The molecule has 1 N–H and O–H groups in total. The van der Waals surface area contributed by atoms with Gasteiger partial charge in [0.15, 0.2) is 0 Å². The molecule has 0 aromatic heterocycles. The van der Waals surface area contributed by atoms with E-state index in [9.17, 15) is 4.79 Å². The lowest BCUT2D eigenvalue weighted by Crippen LogP contribution is -2.48. The highest BCUT2D eigenvalue weighted by Gasteiger charge is 2.28. The Kier molecular flexibility index (Phi) is 5.84. The first kappa shape index (κ1) is 15.2. The third kappa shape index (κ3) is 5.66. The molecule has 1 saturated heterocycles. The molecule has 0 spiro atoms. The van der Waals surface area contributed by atoms with Crippen LogP contribution in [0.15, 0.2) is 0 Å². The second-order valence-electron chi connectivity index (χ2n) is 5.22. The Hall–Kier alpha value is -0.850. The molecule has 0 aliphatic carbocycles. The fraction of sp³-hybridized carbons (Fsp3) is 0.917. The third-order valence-electron chi connectivity index (χ3n) is 2.33. The lowest BCUT2D eigenvalue weighted by Gasteiger charge is -2.34. The van der Waals surface area contributed by atoms with Crippen LogP contribution >= 0.6 is 0 Å². The molecule has 1 aliphatic rings. The maximum Gasteiger partial charge on any atom is 0.410 e. The van der Waals surface area contributed by atoms with Crippen molar-refractivity contribution in [2.75, 3.05) is 39.5 Å². The second-order valence-corrected chi connectivity index (χ2v) is 5.22. The van der Waals surface area contributed by atoms with Gasteiger partial charge in [-0.3, -0.25) is 0 Å². The molecule has 18 heavy (non-hydrogen) atoms. The monoisotopic (exact) mass is 261 g/mol. The van der Waals surface area contributed by atoms with Crippen LogP contribution in [0.25, 0.3) is 0 Å². The normalized spacial score (nSPS) is 20.9. The van der Waals surface area contributed by atoms with Gasteiger partial charge in [0, 0.05) is 6.54 Å². The van der Waals surface area contributed by atoms with Crippen LogP contribution in [0.1, 0.15) is 20.8 Å². The summed E-state index contributed by atoms with van der Waals surface area (Å²) in [4.78, 5) is 13.5. The Morgan fingerprint density at radius 3 is 2.83 bits per heavy atom.